The number of hydrogen-bond acceptors (Lipinski definition) is 4. The van der Waals surface area contributed by atoms with E-state index in [0.29, 0.717) is 6.04 Å². The van der Waals surface area contributed by atoms with Crippen molar-refractivity contribution in [2.45, 2.75) is 52.0 Å². The van der Waals surface area contributed by atoms with Crippen LogP contribution in [0.4, 0.5) is 5.82 Å². The number of piperazine rings is 1. The van der Waals surface area contributed by atoms with Crippen molar-refractivity contribution in [1.82, 2.24) is 15.2 Å². The fourth-order valence-electron chi connectivity index (χ4n) is 3.91. The third-order valence-electron chi connectivity index (χ3n) is 5.52. The molecule has 0 atom stereocenters. The lowest BCUT2D eigenvalue weighted by Crippen LogP contribution is -2.46. The summed E-state index contributed by atoms with van der Waals surface area (Å²) < 4.78 is 0. The molecule has 2 heterocycles. The zero-order chi connectivity index (χ0) is 16.9. The van der Waals surface area contributed by atoms with Crippen LogP contribution in [-0.4, -0.2) is 48.6 Å². The molecule has 24 heavy (non-hydrogen) atoms. The Morgan fingerprint density at radius 2 is 1.88 bits per heavy atom. The average Bonchev–Trinajstić information content (AvgIpc) is 2.62. The minimum atomic E-state index is 0.590. The van der Waals surface area contributed by atoms with Crippen molar-refractivity contribution in [3.05, 3.63) is 30.0 Å². The molecule has 1 N–H and O–H groups in total. The molecule has 0 spiro atoms. The van der Waals surface area contributed by atoms with Crippen molar-refractivity contribution < 1.29 is 0 Å². The number of aryl methyl sites for hydroxylation is 1. The normalized spacial score (nSPS) is 20.2. The predicted molar refractivity (Wildman–Crippen MR) is 102 cm³/mol. The Labute approximate surface area is 146 Å². The van der Waals surface area contributed by atoms with Crippen LogP contribution >= 0.6 is 0 Å². The highest BCUT2D eigenvalue weighted by molar-refractivity contribution is 5.65. The molecule has 2 fully saturated rings. The predicted octanol–water partition coefficient (Wildman–Crippen LogP) is 3.42. The summed E-state index contributed by atoms with van der Waals surface area (Å²) in [5.41, 5.74) is 3.28. The van der Waals surface area contributed by atoms with E-state index < -0.39 is 0 Å². The second-order valence-electron chi connectivity index (χ2n) is 7.18. The van der Waals surface area contributed by atoms with Gasteiger partial charge in [0.25, 0.3) is 0 Å². The van der Waals surface area contributed by atoms with Gasteiger partial charge in [0.05, 0.1) is 0 Å². The summed E-state index contributed by atoms with van der Waals surface area (Å²) in [6.45, 7) is 14.2. The number of nitrogens with zero attached hydrogens (tertiary/aromatic N) is 3. The number of hydrogen-bond donors (Lipinski definition) is 1. The van der Waals surface area contributed by atoms with Crippen molar-refractivity contribution in [3.63, 3.8) is 0 Å². The molecular weight excluding hydrogens is 296 g/mol. The molecule has 0 radical (unpaired) electrons. The molecule has 0 bridgehead atoms. The standard InChI is InChI=1S/C20H32N4/c1-4-23-12-14-24(15-13-23)20-11-10-19(17(3)22-20)16(2)21-18-8-6-5-7-9-18/h10-11,18,21H,2,4-9,12-15H2,1,3H3. The van der Waals surface area contributed by atoms with Crippen LogP contribution in [0.3, 0.4) is 0 Å². The fourth-order valence-corrected chi connectivity index (χ4v) is 3.91. The first-order valence-electron chi connectivity index (χ1n) is 9.58. The Bertz CT molecular complexity index is 555. The van der Waals surface area contributed by atoms with E-state index in [1.54, 1.807) is 0 Å². The smallest absolute Gasteiger partial charge is 0.128 e. The molecule has 0 unspecified atom stereocenters. The van der Waals surface area contributed by atoms with Crippen molar-refractivity contribution in [3.8, 4) is 0 Å². The molecule has 4 heteroatoms. The van der Waals surface area contributed by atoms with Crippen LogP contribution in [0.15, 0.2) is 18.7 Å². The second kappa shape index (κ2) is 8.02. The molecule has 0 amide bonds. The zero-order valence-corrected chi connectivity index (χ0v) is 15.4. The third-order valence-corrected chi connectivity index (χ3v) is 5.52. The topological polar surface area (TPSA) is 31.4 Å². The van der Waals surface area contributed by atoms with E-state index in [0.717, 1.165) is 55.5 Å². The maximum absolute atomic E-state index is 4.87. The van der Waals surface area contributed by atoms with Gasteiger partial charge in [-0.1, -0.05) is 32.8 Å². The molecule has 132 valence electrons. The van der Waals surface area contributed by atoms with E-state index in [4.69, 9.17) is 4.98 Å². The SMILES string of the molecule is C=C(NC1CCCCC1)c1ccc(N2CCN(CC)CC2)nc1C. The molecule has 1 aromatic rings. The van der Waals surface area contributed by atoms with Crippen LogP contribution in [0.2, 0.25) is 0 Å². The van der Waals surface area contributed by atoms with Crippen molar-refractivity contribution in [2.24, 2.45) is 0 Å². The Hall–Kier alpha value is -1.55. The molecule has 3 rings (SSSR count). The first-order chi connectivity index (χ1) is 11.7. The van der Waals surface area contributed by atoms with Gasteiger partial charge in [-0.25, -0.2) is 4.98 Å². The van der Waals surface area contributed by atoms with Gasteiger partial charge in [0, 0.05) is 49.2 Å². The molecule has 1 saturated carbocycles. The van der Waals surface area contributed by atoms with Gasteiger partial charge in [-0.2, -0.15) is 0 Å². The number of nitrogens with one attached hydrogen (secondary N) is 1. The summed E-state index contributed by atoms with van der Waals surface area (Å²) in [6, 6.07) is 4.95. The Morgan fingerprint density at radius 1 is 1.17 bits per heavy atom. The average molecular weight is 329 g/mol. The largest absolute Gasteiger partial charge is 0.382 e. The Kier molecular flexibility index (Phi) is 5.77. The van der Waals surface area contributed by atoms with Gasteiger partial charge >= 0.3 is 0 Å². The number of pyridine rings is 1. The van der Waals surface area contributed by atoms with Crippen LogP contribution in [0.1, 0.15) is 50.3 Å². The number of anilines is 1. The first-order valence-corrected chi connectivity index (χ1v) is 9.58. The summed E-state index contributed by atoms with van der Waals surface area (Å²) in [7, 11) is 0. The van der Waals surface area contributed by atoms with Crippen molar-refractivity contribution in [2.75, 3.05) is 37.6 Å². The highest BCUT2D eigenvalue weighted by atomic mass is 15.3. The summed E-state index contributed by atoms with van der Waals surface area (Å²) in [4.78, 5) is 9.77. The third kappa shape index (κ3) is 4.10. The maximum Gasteiger partial charge on any atom is 0.128 e. The zero-order valence-electron chi connectivity index (χ0n) is 15.4. The van der Waals surface area contributed by atoms with E-state index in [1.807, 2.05) is 0 Å². The molecule has 1 saturated heterocycles. The molecule has 4 nitrogen and oxygen atoms in total. The maximum atomic E-state index is 4.87. The van der Waals surface area contributed by atoms with Gasteiger partial charge in [-0.05, 0) is 38.4 Å². The molecule has 0 aromatic carbocycles. The van der Waals surface area contributed by atoms with Gasteiger partial charge in [-0.15, -0.1) is 0 Å². The van der Waals surface area contributed by atoms with Gasteiger partial charge < -0.3 is 15.1 Å². The lowest BCUT2D eigenvalue weighted by molar-refractivity contribution is 0.270. The van der Waals surface area contributed by atoms with Gasteiger partial charge in [0.1, 0.15) is 5.82 Å². The van der Waals surface area contributed by atoms with E-state index in [2.05, 4.69) is 47.7 Å². The summed E-state index contributed by atoms with van der Waals surface area (Å²) in [6.07, 6.45) is 6.59. The lowest BCUT2D eigenvalue weighted by Gasteiger charge is -2.35. The molecular formula is C20H32N4. The highest BCUT2D eigenvalue weighted by Crippen LogP contribution is 2.23. The number of likely N-dealkylation sites (N-methyl/N-ethyl adjacent to an activating group) is 1. The summed E-state index contributed by atoms with van der Waals surface area (Å²) in [5, 5.41) is 3.63. The van der Waals surface area contributed by atoms with Gasteiger partial charge in [0.2, 0.25) is 0 Å². The van der Waals surface area contributed by atoms with E-state index in [1.165, 1.54) is 32.1 Å². The monoisotopic (exact) mass is 328 g/mol. The van der Waals surface area contributed by atoms with Crippen LogP contribution in [-0.2, 0) is 0 Å². The van der Waals surface area contributed by atoms with E-state index in [-0.39, 0.29) is 0 Å². The van der Waals surface area contributed by atoms with Gasteiger partial charge in [-0.3, -0.25) is 0 Å². The summed E-state index contributed by atoms with van der Waals surface area (Å²) >= 11 is 0. The fraction of sp³-hybridized carbons (Fsp3) is 0.650. The molecule has 1 aromatic heterocycles. The van der Waals surface area contributed by atoms with Crippen LogP contribution in [0, 0.1) is 6.92 Å². The number of aromatic nitrogens is 1. The lowest BCUT2D eigenvalue weighted by atomic mass is 9.95. The molecule has 1 aliphatic heterocycles. The first kappa shape index (κ1) is 17.3. The minimum absolute atomic E-state index is 0.590. The van der Waals surface area contributed by atoms with E-state index >= 15 is 0 Å². The highest BCUT2D eigenvalue weighted by Gasteiger charge is 2.18. The van der Waals surface area contributed by atoms with Crippen LogP contribution in [0.5, 0.6) is 0 Å². The van der Waals surface area contributed by atoms with Crippen LogP contribution < -0.4 is 10.2 Å². The molecule has 2 aliphatic rings. The summed E-state index contributed by atoms with van der Waals surface area (Å²) in [5.74, 6) is 1.11. The second-order valence-corrected chi connectivity index (χ2v) is 7.18. The quantitative estimate of drug-likeness (QED) is 0.897. The molecule has 1 aliphatic carbocycles. The Morgan fingerprint density at radius 3 is 2.50 bits per heavy atom. The van der Waals surface area contributed by atoms with E-state index in [9.17, 15) is 0 Å². The van der Waals surface area contributed by atoms with Crippen molar-refractivity contribution >= 4 is 11.5 Å². The minimum Gasteiger partial charge on any atom is -0.382 e. The van der Waals surface area contributed by atoms with Crippen molar-refractivity contribution in [1.29, 1.82) is 0 Å². The Balaban J connectivity index is 1.62. The number of rotatable bonds is 5. The van der Waals surface area contributed by atoms with Crippen LogP contribution in [0.25, 0.3) is 5.70 Å². The van der Waals surface area contributed by atoms with Gasteiger partial charge in [0.15, 0.2) is 0 Å².